The van der Waals surface area contributed by atoms with Crippen molar-refractivity contribution in [3.63, 3.8) is 0 Å². The average Bonchev–Trinajstić information content (AvgIpc) is 2.77. The highest BCUT2D eigenvalue weighted by Crippen LogP contribution is 2.24. The van der Waals surface area contributed by atoms with Gasteiger partial charge in [-0.2, -0.15) is 0 Å². The summed E-state index contributed by atoms with van der Waals surface area (Å²) in [5.74, 6) is 0.0872. The van der Waals surface area contributed by atoms with Gasteiger partial charge < -0.3 is 19.1 Å². The number of aromatic nitrogens is 1. The Morgan fingerprint density at radius 2 is 1.89 bits per heavy atom. The molecular formula is C22H26N2O4. The largest absolute Gasteiger partial charge is 0.503 e. The molecule has 1 aliphatic rings. The Morgan fingerprint density at radius 1 is 1.11 bits per heavy atom. The second-order valence-corrected chi connectivity index (χ2v) is 6.61. The van der Waals surface area contributed by atoms with Gasteiger partial charge in [0.25, 0.3) is 0 Å². The highest BCUT2D eigenvalue weighted by molar-refractivity contribution is 6.16. The minimum atomic E-state index is -0.460. The number of hydrogen-bond acceptors (Lipinski definition) is 6. The van der Waals surface area contributed by atoms with Gasteiger partial charge in [-0.3, -0.25) is 0 Å². The Labute approximate surface area is 165 Å². The minimum absolute atomic E-state index is 0.282. The molecule has 1 aromatic carbocycles. The van der Waals surface area contributed by atoms with Crippen molar-refractivity contribution in [2.45, 2.75) is 25.9 Å². The number of methoxy groups -OCH3 is 2. The number of carbonyl (C=O) groups excluding carboxylic acids is 1. The molecule has 6 nitrogen and oxygen atoms in total. The number of anilines is 1. The van der Waals surface area contributed by atoms with Crippen molar-refractivity contribution in [1.82, 2.24) is 4.98 Å². The number of nitrogens with zero attached hydrogens (tertiary/aromatic N) is 2. The quantitative estimate of drug-likeness (QED) is 0.412. The predicted molar refractivity (Wildman–Crippen MR) is 108 cm³/mol. The van der Waals surface area contributed by atoms with Crippen LogP contribution in [0.2, 0.25) is 0 Å². The molecule has 0 radical (unpaired) electrons. The van der Waals surface area contributed by atoms with Gasteiger partial charge in [0.2, 0.25) is 5.88 Å². The van der Waals surface area contributed by atoms with E-state index in [1.165, 1.54) is 39.7 Å². The lowest BCUT2D eigenvalue weighted by molar-refractivity contribution is -0.133. The molecule has 1 aromatic heterocycles. The van der Waals surface area contributed by atoms with Crippen LogP contribution in [0.3, 0.4) is 0 Å². The van der Waals surface area contributed by atoms with Gasteiger partial charge in [0.05, 0.1) is 32.4 Å². The maximum absolute atomic E-state index is 12.1. The third kappa shape index (κ3) is 4.82. The summed E-state index contributed by atoms with van der Waals surface area (Å²) in [6, 6.07) is 11.4. The van der Waals surface area contributed by atoms with Crippen molar-refractivity contribution >= 4 is 17.2 Å². The van der Waals surface area contributed by atoms with Gasteiger partial charge in [0.15, 0.2) is 0 Å². The van der Waals surface area contributed by atoms with Gasteiger partial charge in [0.1, 0.15) is 12.2 Å². The summed E-state index contributed by atoms with van der Waals surface area (Å²) in [5, 5.41) is 0. The van der Waals surface area contributed by atoms with E-state index in [1.54, 1.807) is 0 Å². The van der Waals surface area contributed by atoms with Gasteiger partial charge in [-0.05, 0) is 36.5 Å². The van der Waals surface area contributed by atoms with E-state index in [0.717, 1.165) is 24.3 Å². The van der Waals surface area contributed by atoms with Crippen LogP contribution in [0.1, 0.15) is 30.4 Å². The van der Waals surface area contributed by atoms with Crippen LogP contribution in [0.5, 0.6) is 5.88 Å². The van der Waals surface area contributed by atoms with Crippen molar-refractivity contribution in [3.8, 4) is 5.88 Å². The van der Waals surface area contributed by atoms with Crippen molar-refractivity contribution in [1.29, 1.82) is 0 Å². The van der Waals surface area contributed by atoms with Crippen LogP contribution in [0, 0.1) is 0 Å². The Balaban J connectivity index is 1.71. The molecule has 0 spiro atoms. The smallest absolute Gasteiger partial charge is 0.341 e. The lowest BCUT2D eigenvalue weighted by Gasteiger charge is -2.28. The molecule has 28 heavy (non-hydrogen) atoms. The first-order chi connectivity index (χ1) is 13.7. The number of ether oxygens (including phenoxy) is 3. The first kappa shape index (κ1) is 19.7. The summed E-state index contributed by atoms with van der Waals surface area (Å²) < 4.78 is 15.8. The predicted octanol–water partition coefficient (Wildman–Crippen LogP) is 3.81. The minimum Gasteiger partial charge on any atom is -0.503 e. The molecule has 1 fully saturated rings. The Hall–Kier alpha value is -3.02. The van der Waals surface area contributed by atoms with Crippen LogP contribution in [0.4, 0.5) is 5.69 Å². The molecule has 1 saturated heterocycles. The van der Waals surface area contributed by atoms with Crippen molar-refractivity contribution < 1.29 is 19.0 Å². The summed E-state index contributed by atoms with van der Waals surface area (Å²) in [6.45, 7) is 2.44. The number of pyridine rings is 1. The molecule has 0 atom stereocenters. The molecule has 2 heterocycles. The second kappa shape index (κ2) is 9.78. The van der Waals surface area contributed by atoms with Crippen LogP contribution in [0.25, 0.3) is 5.57 Å². The van der Waals surface area contributed by atoms with E-state index in [2.05, 4.69) is 9.88 Å². The van der Waals surface area contributed by atoms with E-state index in [-0.39, 0.29) is 6.61 Å². The molecule has 148 valence electrons. The molecule has 3 rings (SSSR count). The Morgan fingerprint density at radius 3 is 2.57 bits per heavy atom. The van der Waals surface area contributed by atoms with Crippen molar-refractivity contribution in [2.24, 2.45) is 0 Å². The van der Waals surface area contributed by atoms with Gasteiger partial charge in [-0.15, -0.1) is 0 Å². The fourth-order valence-corrected chi connectivity index (χ4v) is 3.31. The highest BCUT2D eigenvalue weighted by Gasteiger charge is 2.17. The fourth-order valence-electron chi connectivity index (χ4n) is 3.31. The van der Waals surface area contributed by atoms with E-state index < -0.39 is 5.97 Å². The lowest BCUT2D eigenvalue weighted by Crippen LogP contribution is -2.29. The zero-order valence-corrected chi connectivity index (χ0v) is 16.4. The monoisotopic (exact) mass is 382 g/mol. The van der Waals surface area contributed by atoms with Crippen LogP contribution in [-0.4, -0.2) is 38.3 Å². The van der Waals surface area contributed by atoms with E-state index in [0.29, 0.717) is 17.0 Å². The third-order valence-electron chi connectivity index (χ3n) is 4.77. The first-order valence-electron chi connectivity index (χ1n) is 9.46. The van der Waals surface area contributed by atoms with Gasteiger partial charge in [-0.1, -0.05) is 24.3 Å². The molecular weight excluding hydrogens is 356 g/mol. The summed E-state index contributed by atoms with van der Waals surface area (Å²) >= 11 is 0. The number of esters is 1. The Bertz CT molecular complexity index is 812. The summed E-state index contributed by atoms with van der Waals surface area (Å²) in [5.41, 5.74) is 3.03. The molecule has 0 saturated carbocycles. The second-order valence-electron chi connectivity index (χ2n) is 6.61. The molecule has 0 bridgehead atoms. The number of hydrogen-bond donors (Lipinski definition) is 0. The third-order valence-corrected chi connectivity index (χ3v) is 4.77. The summed E-state index contributed by atoms with van der Waals surface area (Å²) in [6.07, 6.45) is 7.00. The average molecular weight is 382 g/mol. The fraction of sp³-hybridized carbons (Fsp3) is 0.364. The molecule has 0 amide bonds. The van der Waals surface area contributed by atoms with Gasteiger partial charge in [-0.25, -0.2) is 9.78 Å². The molecule has 0 aliphatic carbocycles. The van der Waals surface area contributed by atoms with Crippen LogP contribution < -0.4 is 9.64 Å². The van der Waals surface area contributed by atoms with Gasteiger partial charge in [0, 0.05) is 19.2 Å². The molecule has 0 unspecified atom stereocenters. The maximum Gasteiger partial charge on any atom is 0.341 e. The summed E-state index contributed by atoms with van der Waals surface area (Å²) in [4.78, 5) is 18.9. The van der Waals surface area contributed by atoms with Gasteiger partial charge >= 0.3 is 5.97 Å². The summed E-state index contributed by atoms with van der Waals surface area (Å²) in [7, 11) is 2.84. The number of carbonyl (C=O) groups is 1. The van der Waals surface area contributed by atoms with E-state index in [9.17, 15) is 4.79 Å². The molecule has 2 aromatic rings. The molecule has 0 N–H and O–H groups in total. The normalized spacial score (nSPS) is 14.5. The zero-order valence-electron chi connectivity index (χ0n) is 16.4. The Kier molecular flexibility index (Phi) is 6.89. The van der Waals surface area contributed by atoms with Crippen LogP contribution in [-0.2, 0) is 20.9 Å². The first-order valence-corrected chi connectivity index (χ1v) is 9.46. The lowest BCUT2D eigenvalue weighted by atomic mass is 10.0. The van der Waals surface area contributed by atoms with E-state index in [1.807, 2.05) is 42.6 Å². The standard InChI is InChI=1S/C22H26N2O4/c1-26-16-20(22(25)27-2)19-9-5-4-8-17(19)15-28-21-11-10-18(14-23-21)24-12-6-3-7-13-24/h4-5,8-11,14,16H,3,6-7,12-13,15H2,1-2H3/b20-16+. The van der Waals surface area contributed by atoms with Crippen LogP contribution in [0.15, 0.2) is 48.9 Å². The number of piperidine rings is 1. The molecule has 6 heteroatoms. The zero-order chi connectivity index (χ0) is 19.8. The molecule has 1 aliphatic heterocycles. The van der Waals surface area contributed by atoms with Crippen molar-refractivity contribution in [2.75, 3.05) is 32.2 Å². The number of benzene rings is 1. The highest BCUT2D eigenvalue weighted by atomic mass is 16.5. The topological polar surface area (TPSA) is 60.9 Å². The maximum atomic E-state index is 12.1. The number of rotatable bonds is 7. The van der Waals surface area contributed by atoms with E-state index in [4.69, 9.17) is 14.2 Å². The van der Waals surface area contributed by atoms with Crippen molar-refractivity contribution in [3.05, 3.63) is 60.0 Å². The van der Waals surface area contributed by atoms with Crippen LogP contribution >= 0.6 is 0 Å². The van der Waals surface area contributed by atoms with E-state index >= 15 is 0 Å². The SMILES string of the molecule is CO/C=C(/C(=O)OC)c1ccccc1COc1ccc(N2CCCCC2)cn1.